The molecular formula is C6H5ClMgN2O. The predicted molar refractivity (Wildman–Crippen MR) is 37.3 cm³/mol. The smallest absolute Gasteiger partial charge is 1.00 e. The van der Waals surface area contributed by atoms with Crippen molar-refractivity contribution < 1.29 is 17.2 Å². The van der Waals surface area contributed by atoms with Gasteiger partial charge in [0.1, 0.15) is 0 Å². The normalized spacial score (nSPS) is 7.27. The van der Waals surface area contributed by atoms with Crippen molar-refractivity contribution in [2.24, 2.45) is 5.73 Å². The van der Waals surface area contributed by atoms with E-state index in [1.807, 2.05) is 0 Å². The van der Waals surface area contributed by atoms with Crippen LogP contribution in [-0.2, 0) is 0 Å². The van der Waals surface area contributed by atoms with Crippen molar-refractivity contribution in [3.63, 3.8) is 0 Å². The van der Waals surface area contributed by atoms with Crippen molar-refractivity contribution in [2.75, 3.05) is 0 Å². The van der Waals surface area contributed by atoms with E-state index < -0.39 is 5.91 Å². The Kier molecular flexibility index (Phi) is 7.71. The van der Waals surface area contributed by atoms with E-state index in [0.717, 1.165) is 0 Å². The maximum Gasteiger partial charge on any atom is 2.00 e. The van der Waals surface area contributed by atoms with Crippen molar-refractivity contribution in [2.45, 2.75) is 0 Å². The number of pyridine rings is 1. The molecule has 1 rings (SSSR count). The van der Waals surface area contributed by atoms with Crippen LogP contribution in [0.15, 0.2) is 18.3 Å². The fraction of sp³-hybridized carbons (Fsp3) is 0. The van der Waals surface area contributed by atoms with Gasteiger partial charge in [0.2, 0.25) is 0 Å². The minimum absolute atomic E-state index is 0. The molecule has 0 radical (unpaired) electrons. The van der Waals surface area contributed by atoms with Crippen molar-refractivity contribution in [1.29, 1.82) is 0 Å². The van der Waals surface area contributed by atoms with Crippen LogP contribution in [0.4, 0.5) is 0 Å². The van der Waals surface area contributed by atoms with Gasteiger partial charge in [-0.3, -0.25) is 4.79 Å². The van der Waals surface area contributed by atoms with Crippen LogP contribution in [0, 0.1) is 6.20 Å². The number of nitrogens with two attached hydrogens (primary N) is 1. The average molecular weight is 181 g/mol. The van der Waals surface area contributed by atoms with Crippen LogP contribution in [-0.4, -0.2) is 33.9 Å². The number of aromatic nitrogens is 1. The zero-order valence-electron chi connectivity index (χ0n) is 5.75. The summed E-state index contributed by atoms with van der Waals surface area (Å²) in [5.41, 5.74) is 5.36. The van der Waals surface area contributed by atoms with E-state index in [2.05, 4.69) is 11.2 Å². The van der Waals surface area contributed by atoms with Gasteiger partial charge in [0.25, 0.3) is 0 Å². The van der Waals surface area contributed by atoms with Gasteiger partial charge in [0, 0.05) is 0 Å². The molecule has 1 aromatic heterocycles. The topological polar surface area (TPSA) is 56.0 Å². The number of primary amides is 1. The third-order valence-electron chi connectivity index (χ3n) is 0.908. The molecule has 0 aliphatic heterocycles. The van der Waals surface area contributed by atoms with Crippen LogP contribution in [0.3, 0.4) is 0 Å². The summed E-state index contributed by atoms with van der Waals surface area (Å²) >= 11 is 0. The van der Waals surface area contributed by atoms with E-state index in [1.54, 1.807) is 6.07 Å². The van der Waals surface area contributed by atoms with Crippen LogP contribution >= 0.6 is 0 Å². The van der Waals surface area contributed by atoms with Gasteiger partial charge in [-0.2, -0.15) is 0 Å². The Balaban J connectivity index is 0. The van der Waals surface area contributed by atoms with Crippen molar-refractivity contribution in [3.8, 4) is 0 Å². The fourth-order valence-electron chi connectivity index (χ4n) is 0.469. The largest absolute Gasteiger partial charge is 2.00 e. The van der Waals surface area contributed by atoms with Crippen LogP contribution in [0.5, 0.6) is 0 Å². The third-order valence-corrected chi connectivity index (χ3v) is 0.908. The second-order valence-corrected chi connectivity index (χ2v) is 1.54. The van der Waals surface area contributed by atoms with Crippen molar-refractivity contribution >= 4 is 29.0 Å². The predicted octanol–water partition coefficient (Wildman–Crippen LogP) is -3.40. The SMILES string of the molecule is NC(=O)c1c[c-]ncc1.[Cl-].[Mg+2]. The number of carbonyl (C=O) groups excluding carboxylic acids is 1. The van der Waals surface area contributed by atoms with Crippen LogP contribution < -0.4 is 18.1 Å². The first-order chi connectivity index (χ1) is 4.30. The Morgan fingerprint density at radius 3 is 2.55 bits per heavy atom. The van der Waals surface area contributed by atoms with Gasteiger partial charge >= 0.3 is 23.1 Å². The molecule has 0 bridgehead atoms. The number of halogens is 1. The monoisotopic (exact) mass is 180 g/mol. The summed E-state index contributed by atoms with van der Waals surface area (Å²) in [6, 6.07) is 2.99. The molecule has 0 atom stereocenters. The Bertz CT molecular complexity index is 217. The molecule has 0 saturated heterocycles. The maximum atomic E-state index is 10.4. The number of rotatable bonds is 1. The second-order valence-electron chi connectivity index (χ2n) is 1.54. The van der Waals surface area contributed by atoms with Crippen LogP contribution in [0.2, 0.25) is 0 Å². The van der Waals surface area contributed by atoms with E-state index in [1.165, 1.54) is 12.3 Å². The van der Waals surface area contributed by atoms with E-state index in [4.69, 9.17) is 5.73 Å². The van der Waals surface area contributed by atoms with Gasteiger partial charge in [-0.15, -0.1) is 12.1 Å². The molecule has 1 aromatic rings. The number of carbonyl (C=O) groups is 1. The zero-order chi connectivity index (χ0) is 6.69. The molecule has 0 saturated carbocycles. The Morgan fingerprint density at radius 1 is 1.64 bits per heavy atom. The number of hydrogen-bond donors (Lipinski definition) is 1. The minimum atomic E-state index is -0.450. The number of hydrogen-bond acceptors (Lipinski definition) is 2. The molecule has 0 aromatic carbocycles. The van der Waals surface area contributed by atoms with Gasteiger partial charge in [0.15, 0.2) is 5.91 Å². The van der Waals surface area contributed by atoms with Gasteiger partial charge in [-0.1, -0.05) is 18.0 Å². The molecule has 0 aliphatic rings. The zero-order valence-corrected chi connectivity index (χ0v) is 7.92. The molecule has 0 aliphatic carbocycles. The summed E-state index contributed by atoms with van der Waals surface area (Å²) in [6.07, 6.45) is 3.96. The molecule has 5 heteroatoms. The van der Waals surface area contributed by atoms with Crippen LogP contribution in [0.1, 0.15) is 10.4 Å². The van der Waals surface area contributed by atoms with Gasteiger partial charge < -0.3 is 23.1 Å². The maximum absolute atomic E-state index is 10.4. The van der Waals surface area contributed by atoms with Gasteiger partial charge in [-0.25, -0.2) is 0 Å². The standard InChI is InChI=1S/C6H5N2O.ClH.Mg/c7-6(9)5-1-3-8-4-2-5;;/h1-3H,(H2,7,9);1H;/q-1;;+2/p-1. The van der Waals surface area contributed by atoms with E-state index >= 15 is 0 Å². The summed E-state index contributed by atoms with van der Waals surface area (Å²) < 4.78 is 0. The average Bonchev–Trinajstić information content (AvgIpc) is 1.90. The Morgan fingerprint density at radius 2 is 2.27 bits per heavy atom. The molecule has 3 nitrogen and oxygen atoms in total. The molecule has 1 amide bonds. The first kappa shape index (κ1) is 13.3. The summed E-state index contributed by atoms with van der Waals surface area (Å²) in [4.78, 5) is 14.0. The summed E-state index contributed by atoms with van der Waals surface area (Å²) in [7, 11) is 0. The fourth-order valence-corrected chi connectivity index (χ4v) is 0.469. The number of nitrogens with zero attached hydrogens (tertiary/aromatic N) is 1. The molecular weight excluding hydrogens is 176 g/mol. The van der Waals surface area contributed by atoms with E-state index in [-0.39, 0.29) is 35.5 Å². The van der Waals surface area contributed by atoms with Gasteiger partial charge in [-0.05, 0) is 0 Å². The molecule has 0 fully saturated rings. The molecule has 0 unspecified atom stereocenters. The third kappa shape index (κ3) is 4.18. The van der Waals surface area contributed by atoms with E-state index in [9.17, 15) is 4.79 Å². The molecule has 0 spiro atoms. The molecule has 2 N–H and O–H groups in total. The molecule has 11 heavy (non-hydrogen) atoms. The van der Waals surface area contributed by atoms with Gasteiger partial charge in [0.05, 0.1) is 0 Å². The number of amides is 1. The molecule has 54 valence electrons. The first-order valence-corrected chi connectivity index (χ1v) is 2.42. The second kappa shape index (κ2) is 6.39. The summed E-state index contributed by atoms with van der Waals surface area (Å²) in [6.45, 7) is 0. The van der Waals surface area contributed by atoms with Crippen LogP contribution in [0.25, 0.3) is 0 Å². The quantitative estimate of drug-likeness (QED) is 0.362. The van der Waals surface area contributed by atoms with Crippen molar-refractivity contribution in [3.05, 3.63) is 30.1 Å². The molecule has 1 heterocycles. The van der Waals surface area contributed by atoms with Crippen molar-refractivity contribution in [1.82, 2.24) is 4.98 Å². The summed E-state index contributed by atoms with van der Waals surface area (Å²) in [5.74, 6) is -0.450. The Hall–Kier alpha value is -0.324. The summed E-state index contributed by atoms with van der Waals surface area (Å²) in [5, 5.41) is 0. The van der Waals surface area contributed by atoms with E-state index in [0.29, 0.717) is 5.56 Å². The minimum Gasteiger partial charge on any atom is -1.00 e. The first-order valence-electron chi connectivity index (χ1n) is 2.42. The Labute approximate surface area is 86.9 Å².